The summed E-state index contributed by atoms with van der Waals surface area (Å²) in [6.45, 7) is 0.858. The third kappa shape index (κ3) is 3.49. The summed E-state index contributed by atoms with van der Waals surface area (Å²) in [6, 6.07) is 2.82. The van der Waals surface area contributed by atoms with Crippen LogP contribution in [-0.2, 0) is 4.79 Å². The van der Waals surface area contributed by atoms with Crippen LogP contribution in [0.4, 0.5) is 0 Å². The van der Waals surface area contributed by atoms with Gasteiger partial charge in [0, 0.05) is 6.07 Å². The molecule has 14 heavy (non-hydrogen) atoms. The lowest BCUT2D eigenvalue weighted by molar-refractivity contribution is -0.139. The van der Waals surface area contributed by atoms with Gasteiger partial charge in [-0.15, -0.1) is 0 Å². The summed E-state index contributed by atoms with van der Waals surface area (Å²) in [5.41, 5.74) is 0. The minimum Gasteiger partial charge on any atom is -0.481 e. The Balaban J connectivity index is 0.000000146. The number of hydrogen-bond acceptors (Lipinski definition) is 4. The highest BCUT2D eigenvalue weighted by Crippen LogP contribution is 2.04. The Bertz CT molecular complexity index is 264. The molecule has 0 spiro atoms. The fourth-order valence-corrected chi connectivity index (χ4v) is 1.17. The normalized spacial score (nSPS) is 19.9. The van der Waals surface area contributed by atoms with Gasteiger partial charge in [-0.05, 0) is 25.5 Å². The highest BCUT2D eigenvalue weighted by molar-refractivity contribution is 5.73. The lowest BCUT2D eigenvalue weighted by atomic mass is 10.2. The van der Waals surface area contributed by atoms with Gasteiger partial charge in [0.25, 0.3) is 5.95 Å². The van der Waals surface area contributed by atoms with E-state index in [2.05, 4.69) is 9.73 Å². The predicted molar refractivity (Wildman–Crippen MR) is 49.0 cm³/mol. The minimum atomic E-state index is -0.720. The topological polar surface area (TPSA) is 82.7 Å². The van der Waals surface area contributed by atoms with Gasteiger partial charge in [0.2, 0.25) is 0 Å². The Morgan fingerprint density at radius 2 is 2.43 bits per heavy atom. The predicted octanol–water partition coefficient (Wildman–Crippen LogP) is 0.808. The molecule has 5 nitrogen and oxygen atoms in total. The van der Waals surface area contributed by atoms with Crippen molar-refractivity contribution in [2.75, 3.05) is 6.54 Å². The molecule has 0 radical (unpaired) electrons. The lowest BCUT2D eigenvalue weighted by Gasteiger charge is -1.99. The molecule has 0 aromatic carbocycles. The van der Waals surface area contributed by atoms with Gasteiger partial charge in [-0.2, -0.15) is 0 Å². The fourth-order valence-electron chi connectivity index (χ4n) is 1.17. The molecule has 2 heterocycles. The molecule has 1 fully saturated rings. The summed E-state index contributed by atoms with van der Waals surface area (Å²) in [5, 5.41) is 19.5. The summed E-state index contributed by atoms with van der Waals surface area (Å²) in [5.74, 6) is -0.752. The molecule has 0 bridgehead atoms. The van der Waals surface area contributed by atoms with Crippen LogP contribution in [0, 0.1) is 0 Å². The van der Waals surface area contributed by atoms with Gasteiger partial charge >= 0.3 is 5.97 Å². The monoisotopic (exact) mass is 199 g/mol. The van der Waals surface area contributed by atoms with Crippen molar-refractivity contribution in [3.05, 3.63) is 18.4 Å². The van der Waals surface area contributed by atoms with Crippen molar-refractivity contribution in [3.63, 3.8) is 0 Å². The molecule has 1 aromatic rings. The Labute approximate surface area is 81.4 Å². The van der Waals surface area contributed by atoms with E-state index in [9.17, 15) is 4.79 Å². The first-order valence-corrected chi connectivity index (χ1v) is 4.39. The zero-order chi connectivity index (χ0) is 10.4. The fraction of sp³-hybridized carbons (Fsp3) is 0.444. The first-order valence-electron chi connectivity index (χ1n) is 4.39. The first-order chi connectivity index (χ1) is 6.70. The summed E-state index contributed by atoms with van der Waals surface area (Å²) in [4.78, 5) is 10.1. The molecule has 5 heteroatoms. The summed E-state index contributed by atoms with van der Waals surface area (Å²) < 4.78 is 4.39. The molecule has 3 N–H and O–H groups in total. The molecule has 2 rings (SSSR count). The molecule has 1 unspecified atom stereocenters. The van der Waals surface area contributed by atoms with Gasteiger partial charge in [0.15, 0.2) is 0 Å². The standard InChI is InChI=1S/C5H9NO2.C4H4O2/c7-5(8)4-2-1-3-6-4;5-4-2-1-3-6-4/h4,6H,1-3H2,(H,7,8);1-3,5H. The van der Waals surface area contributed by atoms with E-state index in [-0.39, 0.29) is 12.0 Å². The number of carboxylic acid groups (broad SMARTS) is 1. The first kappa shape index (κ1) is 10.6. The molecule has 0 aliphatic carbocycles. The summed E-state index contributed by atoms with van der Waals surface area (Å²) in [6.07, 6.45) is 3.20. The Morgan fingerprint density at radius 3 is 2.64 bits per heavy atom. The summed E-state index contributed by atoms with van der Waals surface area (Å²) >= 11 is 0. The van der Waals surface area contributed by atoms with E-state index >= 15 is 0 Å². The maximum absolute atomic E-state index is 10.1. The molecular formula is C9H13NO4. The van der Waals surface area contributed by atoms with E-state index in [0.717, 1.165) is 19.4 Å². The van der Waals surface area contributed by atoms with Crippen molar-refractivity contribution in [1.29, 1.82) is 0 Å². The number of aromatic hydroxyl groups is 1. The second-order valence-corrected chi connectivity index (χ2v) is 2.94. The number of rotatable bonds is 1. The van der Waals surface area contributed by atoms with Crippen LogP contribution in [0.3, 0.4) is 0 Å². The van der Waals surface area contributed by atoms with E-state index in [1.165, 1.54) is 12.3 Å². The van der Waals surface area contributed by atoms with E-state index in [1.54, 1.807) is 6.07 Å². The van der Waals surface area contributed by atoms with Gasteiger partial charge in [0.05, 0.1) is 6.26 Å². The van der Waals surface area contributed by atoms with Crippen LogP contribution in [0.2, 0.25) is 0 Å². The van der Waals surface area contributed by atoms with Crippen LogP contribution in [-0.4, -0.2) is 28.8 Å². The number of aliphatic carboxylic acids is 1. The Morgan fingerprint density at radius 1 is 1.64 bits per heavy atom. The van der Waals surface area contributed by atoms with Gasteiger partial charge in [-0.25, -0.2) is 0 Å². The third-order valence-electron chi connectivity index (χ3n) is 1.86. The molecule has 1 aliphatic rings. The van der Waals surface area contributed by atoms with Gasteiger partial charge < -0.3 is 19.9 Å². The third-order valence-corrected chi connectivity index (χ3v) is 1.86. The zero-order valence-corrected chi connectivity index (χ0v) is 7.64. The van der Waals surface area contributed by atoms with Crippen LogP contribution in [0.25, 0.3) is 0 Å². The number of furan rings is 1. The summed E-state index contributed by atoms with van der Waals surface area (Å²) in [7, 11) is 0. The molecule has 1 atom stereocenters. The van der Waals surface area contributed by atoms with Crippen LogP contribution >= 0.6 is 0 Å². The number of nitrogens with one attached hydrogen (secondary N) is 1. The minimum absolute atomic E-state index is 0.0324. The van der Waals surface area contributed by atoms with E-state index in [0.29, 0.717) is 0 Å². The second kappa shape index (κ2) is 5.29. The Kier molecular flexibility index (Phi) is 4.00. The molecule has 1 aliphatic heterocycles. The quantitative estimate of drug-likeness (QED) is 0.623. The molecule has 78 valence electrons. The average molecular weight is 199 g/mol. The van der Waals surface area contributed by atoms with Crippen molar-refractivity contribution in [1.82, 2.24) is 5.32 Å². The number of hydrogen-bond donors (Lipinski definition) is 3. The van der Waals surface area contributed by atoms with Gasteiger partial charge in [-0.3, -0.25) is 4.79 Å². The highest BCUT2D eigenvalue weighted by atomic mass is 16.5. The van der Waals surface area contributed by atoms with Gasteiger partial charge in [0.1, 0.15) is 6.04 Å². The second-order valence-electron chi connectivity index (χ2n) is 2.94. The molecule has 1 saturated heterocycles. The molecule has 0 amide bonds. The molecular weight excluding hydrogens is 186 g/mol. The van der Waals surface area contributed by atoms with Crippen molar-refractivity contribution >= 4 is 5.97 Å². The average Bonchev–Trinajstić information content (AvgIpc) is 2.75. The number of carboxylic acids is 1. The number of carbonyl (C=O) groups is 1. The maximum atomic E-state index is 10.1. The van der Waals surface area contributed by atoms with E-state index in [1.807, 2.05) is 0 Å². The Hall–Kier alpha value is -1.49. The smallest absolute Gasteiger partial charge is 0.320 e. The maximum Gasteiger partial charge on any atom is 0.320 e. The van der Waals surface area contributed by atoms with E-state index in [4.69, 9.17) is 10.2 Å². The van der Waals surface area contributed by atoms with Crippen LogP contribution < -0.4 is 5.32 Å². The van der Waals surface area contributed by atoms with Crippen LogP contribution in [0.1, 0.15) is 12.8 Å². The van der Waals surface area contributed by atoms with Crippen molar-refractivity contribution in [2.24, 2.45) is 0 Å². The van der Waals surface area contributed by atoms with Crippen molar-refractivity contribution < 1.29 is 19.4 Å². The van der Waals surface area contributed by atoms with Gasteiger partial charge in [-0.1, -0.05) is 0 Å². The zero-order valence-electron chi connectivity index (χ0n) is 7.64. The van der Waals surface area contributed by atoms with E-state index < -0.39 is 5.97 Å². The molecule has 0 saturated carbocycles. The lowest BCUT2D eigenvalue weighted by Crippen LogP contribution is -2.29. The van der Waals surface area contributed by atoms with Crippen LogP contribution in [0.5, 0.6) is 5.95 Å². The van der Waals surface area contributed by atoms with Crippen LogP contribution in [0.15, 0.2) is 22.8 Å². The SMILES string of the molecule is O=C(O)C1CCCN1.Oc1ccco1. The highest BCUT2D eigenvalue weighted by Gasteiger charge is 2.20. The van der Waals surface area contributed by atoms with Crippen molar-refractivity contribution in [2.45, 2.75) is 18.9 Å². The van der Waals surface area contributed by atoms with Crippen molar-refractivity contribution in [3.8, 4) is 5.95 Å². The largest absolute Gasteiger partial charge is 0.481 e. The molecule has 1 aromatic heterocycles.